The Labute approximate surface area is 134 Å². The van der Waals surface area contributed by atoms with E-state index in [0.29, 0.717) is 11.3 Å². The molecule has 2 N–H and O–H groups in total. The summed E-state index contributed by atoms with van der Waals surface area (Å²) < 4.78 is 5.43. The van der Waals surface area contributed by atoms with Gasteiger partial charge in [0.05, 0.1) is 6.54 Å². The molecule has 0 fully saturated rings. The average Bonchev–Trinajstić information content (AvgIpc) is 2.93. The van der Waals surface area contributed by atoms with E-state index in [4.69, 9.17) is 4.42 Å². The van der Waals surface area contributed by atoms with Crippen molar-refractivity contribution in [3.8, 4) is 0 Å². The summed E-state index contributed by atoms with van der Waals surface area (Å²) in [6.45, 7) is 5.59. The lowest BCUT2D eigenvalue weighted by Crippen LogP contribution is -2.38. The third-order valence-corrected chi connectivity index (χ3v) is 4.15. The highest BCUT2D eigenvalue weighted by Crippen LogP contribution is 2.22. The van der Waals surface area contributed by atoms with Crippen LogP contribution in [0.2, 0.25) is 0 Å². The van der Waals surface area contributed by atoms with Crippen molar-refractivity contribution < 1.29 is 14.3 Å². The van der Waals surface area contributed by atoms with Gasteiger partial charge in [-0.15, -0.1) is 11.8 Å². The fourth-order valence-electron chi connectivity index (χ4n) is 2.06. The Bertz CT molecular complexity index is 649. The fraction of sp³-hybridized carbons (Fsp3) is 0.353. The minimum Gasteiger partial charge on any atom is -0.463 e. The highest BCUT2D eigenvalue weighted by Gasteiger charge is 2.27. The Morgan fingerprint density at radius 1 is 1.36 bits per heavy atom. The molecular weight excluding hydrogens is 298 g/mol. The molecule has 118 valence electrons. The molecule has 4 nitrogen and oxygen atoms in total. The van der Waals surface area contributed by atoms with E-state index in [1.807, 2.05) is 25.1 Å². The minimum absolute atomic E-state index is 0.0872. The molecule has 0 bridgehead atoms. The normalized spacial score (nSPS) is 13.6. The van der Waals surface area contributed by atoms with Gasteiger partial charge < -0.3 is 14.8 Å². The summed E-state index contributed by atoms with van der Waals surface area (Å²) in [5.41, 5.74) is -0.649. The summed E-state index contributed by atoms with van der Waals surface area (Å²) >= 11 is 1.69. The van der Waals surface area contributed by atoms with Crippen LogP contribution in [0.5, 0.6) is 0 Å². The maximum atomic E-state index is 12.2. The third-order valence-electron chi connectivity index (χ3n) is 3.27. The Hall–Kier alpha value is -1.72. The van der Waals surface area contributed by atoms with Crippen molar-refractivity contribution in [2.24, 2.45) is 0 Å². The summed E-state index contributed by atoms with van der Waals surface area (Å²) in [6.07, 6.45) is 0. The minimum atomic E-state index is -1.24. The van der Waals surface area contributed by atoms with Gasteiger partial charge in [-0.1, -0.05) is 13.0 Å². The molecule has 0 saturated carbocycles. The van der Waals surface area contributed by atoms with Crippen LogP contribution in [-0.2, 0) is 5.60 Å². The lowest BCUT2D eigenvalue weighted by atomic mass is 10.0. The predicted octanol–water partition coefficient (Wildman–Crippen LogP) is 3.34. The van der Waals surface area contributed by atoms with Crippen molar-refractivity contribution in [2.75, 3.05) is 12.3 Å². The molecule has 22 heavy (non-hydrogen) atoms. The number of carbonyl (C=O) groups excluding carboxylic acids is 1. The Morgan fingerprint density at radius 3 is 2.77 bits per heavy atom. The number of nitrogens with one attached hydrogen (secondary N) is 1. The second-order valence-corrected chi connectivity index (χ2v) is 6.67. The van der Waals surface area contributed by atoms with Gasteiger partial charge in [0.15, 0.2) is 0 Å². The van der Waals surface area contributed by atoms with E-state index in [0.717, 1.165) is 16.4 Å². The van der Waals surface area contributed by atoms with Gasteiger partial charge in [0, 0.05) is 10.5 Å². The molecule has 1 heterocycles. The van der Waals surface area contributed by atoms with Gasteiger partial charge in [0.2, 0.25) is 0 Å². The predicted molar refractivity (Wildman–Crippen MR) is 88.2 cm³/mol. The second kappa shape index (κ2) is 7.03. The van der Waals surface area contributed by atoms with Gasteiger partial charge in [-0.3, -0.25) is 4.79 Å². The van der Waals surface area contributed by atoms with Crippen LogP contribution in [0.25, 0.3) is 0 Å². The molecule has 1 atom stereocenters. The van der Waals surface area contributed by atoms with Gasteiger partial charge >= 0.3 is 0 Å². The number of hydrogen-bond donors (Lipinski definition) is 2. The van der Waals surface area contributed by atoms with E-state index < -0.39 is 5.60 Å². The largest absolute Gasteiger partial charge is 0.463 e. The van der Waals surface area contributed by atoms with Crippen LogP contribution >= 0.6 is 11.8 Å². The molecular formula is C17H21NO3S. The SMILES string of the molecule is CCSc1cccc(C(=O)NCC(C)(O)c2ccc(C)o2)c1. The number of aryl methyl sites for hydroxylation is 1. The van der Waals surface area contributed by atoms with Crippen molar-refractivity contribution in [1.82, 2.24) is 5.32 Å². The van der Waals surface area contributed by atoms with Crippen molar-refractivity contribution >= 4 is 17.7 Å². The van der Waals surface area contributed by atoms with E-state index in [2.05, 4.69) is 12.2 Å². The Balaban J connectivity index is 2.01. The van der Waals surface area contributed by atoms with Crippen molar-refractivity contribution in [1.29, 1.82) is 0 Å². The molecule has 1 amide bonds. The molecule has 0 radical (unpaired) electrons. The average molecular weight is 319 g/mol. The van der Waals surface area contributed by atoms with Crippen LogP contribution in [0.3, 0.4) is 0 Å². The first-order valence-electron chi connectivity index (χ1n) is 7.23. The lowest BCUT2D eigenvalue weighted by Gasteiger charge is -2.21. The smallest absolute Gasteiger partial charge is 0.251 e. The highest BCUT2D eigenvalue weighted by molar-refractivity contribution is 7.99. The Kier molecular flexibility index (Phi) is 5.32. The van der Waals surface area contributed by atoms with Gasteiger partial charge in [-0.2, -0.15) is 0 Å². The van der Waals surface area contributed by atoms with Crippen LogP contribution in [0, 0.1) is 6.92 Å². The van der Waals surface area contributed by atoms with E-state index in [-0.39, 0.29) is 12.5 Å². The van der Waals surface area contributed by atoms with Crippen LogP contribution in [0.4, 0.5) is 0 Å². The number of thioether (sulfide) groups is 1. The number of benzene rings is 1. The lowest BCUT2D eigenvalue weighted by molar-refractivity contribution is 0.0323. The molecule has 5 heteroatoms. The fourth-order valence-corrected chi connectivity index (χ4v) is 2.78. The van der Waals surface area contributed by atoms with Gasteiger partial charge in [-0.05, 0) is 49.9 Å². The molecule has 1 unspecified atom stereocenters. The molecule has 2 rings (SSSR count). The molecule has 1 aromatic carbocycles. The van der Waals surface area contributed by atoms with Crippen LogP contribution in [-0.4, -0.2) is 23.3 Å². The zero-order valence-electron chi connectivity index (χ0n) is 13.1. The summed E-state index contributed by atoms with van der Waals surface area (Å²) in [5.74, 6) is 1.92. The van der Waals surface area contributed by atoms with E-state index in [9.17, 15) is 9.90 Å². The van der Waals surface area contributed by atoms with Crippen LogP contribution in [0.1, 0.15) is 35.7 Å². The molecule has 0 spiro atoms. The number of amides is 1. The summed E-state index contributed by atoms with van der Waals surface area (Å²) in [7, 11) is 0. The van der Waals surface area contributed by atoms with Crippen LogP contribution in [0.15, 0.2) is 45.7 Å². The third kappa shape index (κ3) is 4.15. The molecule has 2 aromatic rings. The number of carbonyl (C=O) groups is 1. The quantitative estimate of drug-likeness (QED) is 0.802. The van der Waals surface area contributed by atoms with Gasteiger partial charge in [-0.25, -0.2) is 0 Å². The molecule has 0 aliphatic rings. The molecule has 0 aliphatic heterocycles. The maximum Gasteiger partial charge on any atom is 0.251 e. The van der Waals surface area contributed by atoms with Crippen molar-refractivity contribution in [2.45, 2.75) is 31.3 Å². The van der Waals surface area contributed by atoms with Crippen molar-refractivity contribution in [3.05, 3.63) is 53.5 Å². The molecule has 0 aliphatic carbocycles. The van der Waals surface area contributed by atoms with E-state index in [1.54, 1.807) is 36.9 Å². The molecule has 1 aromatic heterocycles. The Morgan fingerprint density at radius 2 is 2.14 bits per heavy atom. The van der Waals surface area contributed by atoms with E-state index >= 15 is 0 Å². The first kappa shape index (κ1) is 16.6. The zero-order chi connectivity index (χ0) is 16.2. The first-order valence-corrected chi connectivity index (χ1v) is 8.21. The highest BCUT2D eigenvalue weighted by atomic mass is 32.2. The first-order chi connectivity index (χ1) is 10.4. The van der Waals surface area contributed by atoms with Crippen molar-refractivity contribution in [3.63, 3.8) is 0 Å². The van der Waals surface area contributed by atoms with Gasteiger partial charge in [0.25, 0.3) is 5.91 Å². The van der Waals surface area contributed by atoms with E-state index in [1.165, 1.54) is 0 Å². The second-order valence-electron chi connectivity index (χ2n) is 5.33. The molecule has 0 saturated heterocycles. The summed E-state index contributed by atoms with van der Waals surface area (Å²) in [6, 6.07) is 11.0. The van der Waals surface area contributed by atoms with Crippen LogP contribution < -0.4 is 5.32 Å². The summed E-state index contributed by atoms with van der Waals surface area (Å²) in [4.78, 5) is 13.3. The topological polar surface area (TPSA) is 62.5 Å². The number of aliphatic hydroxyl groups is 1. The maximum absolute atomic E-state index is 12.2. The van der Waals surface area contributed by atoms with Gasteiger partial charge in [0.1, 0.15) is 17.1 Å². The zero-order valence-corrected chi connectivity index (χ0v) is 13.9. The number of hydrogen-bond acceptors (Lipinski definition) is 4. The number of furan rings is 1. The number of rotatable bonds is 6. The standard InChI is InChI=1S/C17H21NO3S/c1-4-22-14-7-5-6-13(10-14)16(19)18-11-17(3,20)15-9-8-12(2)21-15/h5-10,20H,4,11H2,1-3H3,(H,18,19). The summed E-state index contributed by atoms with van der Waals surface area (Å²) in [5, 5.41) is 13.2. The monoisotopic (exact) mass is 319 g/mol.